The molecule has 1 aliphatic rings. The zero-order chi connectivity index (χ0) is 14.5. The summed E-state index contributed by atoms with van der Waals surface area (Å²) in [6, 6.07) is 7.63. The Morgan fingerprint density at radius 2 is 2.14 bits per heavy atom. The monoisotopic (exact) mass is 287 g/mol. The Hall–Kier alpha value is -1.85. The van der Waals surface area contributed by atoms with E-state index in [2.05, 4.69) is 15.6 Å². The maximum Gasteiger partial charge on any atom is 0.252 e. The molecule has 3 N–H and O–H groups in total. The molecule has 0 aliphatic carbocycles. The van der Waals surface area contributed by atoms with Crippen LogP contribution in [0.25, 0.3) is 10.9 Å². The van der Waals surface area contributed by atoms with Crippen LogP contribution in [-0.4, -0.2) is 43.2 Å². The summed E-state index contributed by atoms with van der Waals surface area (Å²) in [6.07, 6.45) is 4.28. The molecule has 2 heterocycles. The molecule has 1 aliphatic heterocycles. The normalized spacial score (nSPS) is 16.2. The number of H-pyrrole nitrogens is 1. The van der Waals surface area contributed by atoms with Gasteiger partial charge in [-0.1, -0.05) is 6.07 Å². The molecule has 0 saturated carbocycles. The highest BCUT2D eigenvalue weighted by atomic mass is 16.5. The molecule has 1 saturated heterocycles. The lowest BCUT2D eigenvalue weighted by Crippen LogP contribution is -2.34. The lowest BCUT2D eigenvalue weighted by molar-refractivity contribution is 0.0343. The number of carbonyl (C=O) groups excluding carboxylic acids is 1. The van der Waals surface area contributed by atoms with E-state index in [0.717, 1.165) is 36.8 Å². The van der Waals surface area contributed by atoms with Gasteiger partial charge in [-0.15, -0.1) is 0 Å². The fraction of sp³-hybridized carbons (Fsp3) is 0.438. The smallest absolute Gasteiger partial charge is 0.252 e. The van der Waals surface area contributed by atoms with Crippen LogP contribution < -0.4 is 10.6 Å². The molecule has 112 valence electrons. The van der Waals surface area contributed by atoms with Crippen molar-refractivity contribution in [1.29, 1.82) is 0 Å². The van der Waals surface area contributed by atoms with E-state index in [-0.39, 0.29) is 5.91 Å². The first-order valence-electron chi connectivity index (χ1n) is 7.51. The highest BCUT2D eigenvalue weighted by Gasteiger charge is 2.13. The number of aromatic nitrogens is 1. The number of hydrogen-bond donors (Lipinski definition) is 3. The molecule has 1 amide bonds. The Morgan fingerprint density at radius 3 is 3.00 bits per heavy atom. The maximum atomic E-state index is 12.2. The highest BCUT2D eigenvalue weighted by molar-refractivity contribution is 6.06. The van der Waals surface area contributed by atoms with Gasteiger partial charge in [0.25, 0.3) is 5.91 Å². The van der Waals surface area contributed by atoms with E-state index in [0.29, 0.717) is 24.8 Å². The van der Waals surface area contributed by atoms with Gasteiger partial charge >= 0.3 is 0 Å². The summed E-state index contributed by atoms with van der Waals surface area (Å²) >= 11 is 0. The van der Waals surface area contributed by atoms with Gasteiger partial charge in [0.05, 0.1) is 12.7 Å². The number of amides is 1. The van der Waals surface area contributed by atoms with Crippen molar-refractivity contribution in [2.75, 3.05) is 26.2 Å². The van der Waals surface area contributed by atoms with Gasteiger partial charge in [0.1, 0.15) is 0 Å². The van der Waals surface area contributed by atoms with Crippen LogP contribution in [0.15, 0.2) is 30.5 Å². The van der Waals surface area contributed by atoms with E-state index >= 15 is 0 Å². The van der Waals surface area contributed by atoms with Gasteiger partial charge in [-0.2, -0.15) is 0 Å². The van der Waals surface area contributed by atoms with Crippen molar-refractivity contribution in [2.45, 2.75) is 18.9 Å². The van der Waals surface area contributed by atoms with Crippen molar-refractivity contribution in [2.24, 2.45) is 0 Å². The number of ether oxygens (including phenoxy) is 1. The van der Waals surface area contributed by atoms with Crippen LogP contribution in [0.2, 0.25) is 0 Å². The standard InChI is InChI=1S/C16H21N3O2/c20-16(14-2-1-3-15-13(14)6-9-18-15)19-10-11-21-12-4-7-17-8-5-12/h1-3,6,9,12,17-18H,4-5,7-8,10-11H2,(H,19,20). The molecule has 0 bridgehead atoms. The summed E-state index contributed by atoms with van der Waals surface area (Å²) in [4.78, 5) is 15.3. The second-order valence-corrected chi connectivity index (χ2v) is 5.32. The molecule has 2 aromatic rings. The number of fused-ring (bicyclic) bond motifs is 1. The van der Waals surface area contributed by atoms with Crippen LogP contribution in [0.4, 0.5) is 0 Å². The van der Waals surface area contributed by atoms with Crippen molar-refractivity contribution in [3.8, 4) is 0 Å². The molecule has 0 radical (unpaired) electrons. The van der Waals surface area contributed by atoms with E-state index in [1.165, 1.54) is 0 Å². The van der Waals surface area contributed by atoms with Crippen LogP contribution in [0.3, 0.4) is 0 Å². The second kappa shape index (κ2) is 6.74. The van der Waals surface area contributed by atoms with Crippen molar-refractivity contribution < 1.29 is 9.53 Å². The average molecular weight is 287 g/mol. The quantitative estimate of drug-likeness (QED) is 0.733. The first-order chi connectivity index (χ1) is 10.3. The summed E-state index contributed by atoms with van der Waals surface area (Å²) < 4.78 is 5.78. The summed E-state index contributed by atoms with van der Waals surface area (Å²) in [7, 11) is 0. The Balaban J connectivity index is 1.49. The minimum Gasteiger partial charge on any atom is -0.376 e. The summed E-state index contributed by atoms with van der Waals surface area (Å²) in [5.41, 5.74) is 1.68. The van der Waals surface area contributed by atoms with Gasteiger partial charge in [0.2, 0.25) is 0 Å². The Bertz CT molecular complexity index is 602. The number of piperidine rings is 1. The fourth-order valence-electron chi connectivity index (χ4n) is 2.73. The van der Waals surface area contributed by atoms with E-state index in [9.17, 15) is 4.79 Å². The van der Waals surface area contributed by atoms with Gasteiger partial charge in [-0.3, -0.25) is 4.79 Å². The number of carbonyl (C=O) groups is 1. The zero-order valence-corrected chi connectivity index (χ0v) is 12.0. The van der Waals surface area contributed by atoms with Crippen LogP contribution >= 0.6 is 0 Å². The maximum absolute atomic E-state index is 12.2. The number of hydrogen-bond acceptors (Lipinski definition) is 3. The molecule has 1 aromatic heterocycles. The lowest BCUT2D eigenvalue weighted by atomic mass is 10.1. The predicted molar refractivity (Wildman–Crippen MR) is 82.5 cm³/mol. The van der Waals surface area contributed by atoms with Gasteiger partial charge in [0, 0.05) is 29.2 Å². The van der Waals surface area contributed by atoms with E-state index < -0.39 is 0 Å². The van der Waals surface area contributed by atoms with Gasteiger partial charge in [-0.05, 0) is 44.1 Å². The molecule has 0 unspecified atom stereocenters. The Morgan fingerprint density at radius 1 is 1.29 bits per heavy atom. The first kappa shape index (κ1) is 14.1. The molecule has 3 rings (SSSR count). The van der Waals surface area contributed by atoms with Gasteiger partial charge in [0.15, 0.2) is 0 Å². The van der Waals surface area contributed by atoms with Gasteiger partial charge < -0.3 is 20.4 Å². The SMILES string of the molecule is O=C(NCCOC1CCNCC1)c1cccc2[nH]ccc12. The van der Waals surface area contributed by atoms with E-state index in [1.807, 2.05) is 30.5 Å². The van der Waals surface area contributed by atoms with Crippen molar-refractivity contribution in [3.63, 3.8) is 0 Å². The number of benzene rings is 1. The molecule has 21 heavy (non-hydrogen) atoms. The molecule has 1 fully saturated rings. The number of rotatable bonds is 5. The summed E-state index contributed by atoms with van der Waals surface area (Å²) in [5, 5.41) is 7.19. The molecule has 0 spiro atoms. The third-order valence-electron chi connectivity index (χ3n) is 3.87. The van der Waals surface area contributed by atoms with Crippen LogP contribution in [0.1, 0.15) is 23.2 Å². The minimum absolute atomic E-state index is 0.0471. The van der Waals surface area contributed by atoms with Crippen molar-refractivity contribution in [1.82, 2.24) is 15.6 Å². The Labute approximate surface area is 124 Å². The lowest BCUT2D eigenvalue weighted by Gasteiger charge is -2.22. The largest absolute Gasteiger partial charge is 0.376 e. The molecule has 1 aromatic carbocycles. The van der Waals surface area contributed by atoms with Gasteiger partial charge in [-0.25, -0.2) is 0 Å². The number of aromatic amines is 1. The highest BCUT2D eigenvalue weighted by Crippen LogP contribution is 2.17. The molecule has 5 heteroatoms. The second-order valence-electron chi connectivity index (χ2n) is 5.32. The van der Waals surface area contributed by atoms with E-state index in [1.54, 1.807) is 0 Å². The van der Waals surface area contributed by atoms with Crippen LogP contribution in [-0.2, 0) is 4.74 Å². The third-order valence-corrected chi connectivity index (χ3v) is 3.87. The molecule has 0 atom stereocenters. The van der Waals surface area contributed by atoms with Crippen molar-refractivity contribution in [3.05, 3.63) is 36.0 Å². The molecular formula is C16H21N3O2. The first-order valence-corrected chi connectivity index (χ1v) is 7.51. The van der Waals surface area contributed by atoms with Crippen LogP contribution in [0, 0.1) is 0 Å². The topological polar surface area (TPSA) is 66.2 Å². The zero-order valence-electron chi connectivity index (χ0n) is 12.0. The fourth-order valence-corrected chi connectivity index (χ4v) is 2.73. The minimum atomic E-state index is -0.0471. The van der Waals surface area contributed by atoms with Crippen LogP contribution in [0.5, 0.6) is 0 Å². The molecular weight excluding hydrogens is 266 g/mol. The Kier molecular flexibility index (Phi) is 4.52. The predicted octanol–water partition coefficient (Wildman–Crippen LogP) is 1.67. The average Bonchev–Trinajstić information content (AvgIpc) is 3.01. The van der Waals surface area contributed by atoms with Crippen molar-refractivity contribution >= 4 is 16.8 Å². The number of nitrogens with one attached hydrogen (secondary N) is 3. The summed E-state index contributed by atoms with van der Waals surface area (Å²) in [6.45, 7) is 3.15. The van der Waals surface area contributed by atoms with E-state index in [4.69, 9.17) is 4.74 Å². The molecule has 5 nitrogen and oxygen atoms in total. The summed E-state index contributed by atoms with van der Waals surface area (Å²) in [5.74, 6) is -0.0471. The third kappa shape index (κ3) is 3.43.